The zero-order valence-corrected chi connectivity index (χ0v) is 9.14. The van der Waals surface area contributed by atoms with Crippen LogP contribution in [-0.2, 0) is 0 Å². The Kier molecular flexibility index (Phi) is 4.11. The van der Waals surface area contributed by atoms with E-state index >= 15 is 0 Å². The summed E-state index contributed by atoms with van der Waals surface area (Å²) in [7, 11) is 2.12. The molecule has 0 saturated carbocycles. The number of anilines is 1. The Bertz CT molecular complexity index is 222. The number of hydrogen-bond acceptors (Lipinski definition) is 5. The van der Waals surface area contributed by atoms with Gasteiger partial charge < -0.3 is 10.2 Å². The van der Waals surface area contributed by atoms with E-state index in [-0.39, 0.29) is 0 Å². The first kappa shape index (κ1) is 10.4. The SMILES string of the molecule is CC(C)N(C)CCNc1ncns1. The Morgan fingerprint density at radius 1 is 1.62 bits per heavy atom. The molecule has 5 heteroatoms. The highest BCUT2D eigenvalue weighted by Gasteiger charge is 2.02. The van der Waals surface area contributed by atoms with Gasteiger partial charge in [-0.15, -0.1) is 0 Å². The molecule has 1 rings (SSSR count). The number of nitrogens with zero attached hydrogens (tertiary/aromatic N) is 3. The molecule has 0 aliphatic heterocycles. The van der Waals surface area contributed by atoms with Gasteiger partial charge in [0.05, 0.1) is 0 Å². The number of aromatic nitrogens is 2. The molecular weight excluding hydrogens is 184 g/mol. The van der Waals surface area contributed by atoms with E-state index in [4.69, 9.17) is 0 Å². The Balaban J connectivity index is 2.14. The summed E-state index contributed by atoms with van der Waals surface area (Å²) in [5, 5.41) is 4.11. The lowest BCUT2D eigenvalue weighted by Crippen LogP contribution is -2.31. The third kappa shape index (κ3) is 3.69. The lowest BCUT2D eigenvalue weighted by molar-refractivity contribution is 0.284. The summed E-state index contributed by atoms with van der Waals surface area (Å²) < 4.78 is 3.91. The third-order valence-electron chi connectivity index (χ3n) is 1.98. The number of rotatable bonds is 5. The van der Waals surface area contributed by atoms with Crippen LogP contribution in [0.4, 0.5) is 5.13 Å². The minimum Gasteiger partial charge on any atom is -0.359 e. The smallest absolute Gasteiger partial charge is 0.202 e. The van der Waals surface area contributed by atoms with Crippen molar-refractivity contribution in [2.24, 2.45) is 0 Å². The Hall–Kier alpha value is -0.680. The van der Waals surface area contributed by atoms with Gasteiger partial charge in [0.25, 0.3) is 0 Å². The fourth-order valence-electron chi connectivity index (χ4n) is 0.848. The summed E-state index contributed by atoms with van der Waals surface area (Å²) in [5.74, 6) is 0. The van der Waals surface area contributed by atoms with Crippen LogP contribution in [0.5, 0.6) is 0 Å². The molecule has 0 bridgehead atoms. The molecule has 0 radical (unpaired) electrons. The minimum atomic E-state index is 0.594. The van der Waals surface area contributed by atoms with Crippen LogP contribution in [0.3, 0.4) is 0 Å². The number of hydrogen-bond donors (Lipinski definition) is 1. The Morgan fingerprint density at radius 3 is 2.92 bits per heavy atom. The highest BCUT2D eigenvalue weighted by molar-refractivity contribution is 7.09. The van der Waals surface area contributed by atoms with Crippen LogP contribution in [0, 0.1) is 0 Å². The lowest BCUT2D eigenvalue weighted by Gasteiger charge is -2.20. The molecule has 74 valence electrons. The van der Waals surface area contributed by atoms with E-state index in [0.717, 1.165) is 18.2 Å². The van der Waals surface area contributed by atoms with Crippen LogP contribution >= 0.6 is 11.5 Å². The van der Waals surface area contributed by atoms with Crippen molar-refractivity contribution in [3.63, 3.8) is 0 Å². The minimum absolute atomic E-state index is 0.594. The van der Waals surface area contributed by atoms with Crippen molar-refractivity contribution in [2.75, 3.05) is 25.5 Å². The molecule has 0 unspecified atom stereocenters. The molecule has 1 heterocycles. The van der Waals surface area contributed by atoms with Crippen molar-refractivity contribution in [3.8, 4) is 0 Å². The summed E-state index contributed by atoms with van der Waals surface area (Å²) >= 11 is 1.39. The second-order valence-electron chi connectivity index (χ2n) is 3.25. The van der Waals surface area contributed by atoms with Crippen LogP contribution in [0.1, 0.15) is 13.8 Å². The van der Waals surface area contributed by atoms with Crippen molar-refractivity contribution < 1.29 is 0 Å². The first-order valence-corrected chi connectivity index (χ1v) is 5.18. The van der Waals surface area contributed by atoms with Crippen LogP contribution in [-0.4, -0.2) is 40.4 Å². The van der Waals surface area contributed by atoms with Gasteiger partial charge in [-0.3, -0.25) is 0 Å². The molecule has 0 saturated heterocycles. The van der Waals surface area contributed by atoms with E-state index in [0.29, 0.717) is 6.04 Å². The molecule has 0 fully saturated rings. The lowest BCUT2D eigenvalue weighted by atomic mass is 10.3. The predicted molar refractivity (Wildman–Crippen MR) is 56.2 cm³/mol. The second-order valence-corrected chi connectivity index (χ2v) is 4.03. The van der Waals surface area contributed by atoms with E-state index in [1.807, 2.05) is 0 Å². The van der Waals surface area contributed by atoms with Gasteiger partial charge in [0.1, 0.15) is 6.33 Å². The largest absolute Gasteiger partial charge is 0.359 e. The molecule has 0 aliphatic carbocycles. The molecule has 1 aromatic heterocycles. The predicted octanol–water partition coefficient (Wildman–Crippen LogP) is 1.29. The standard InChI is InChI=1S/C8H16N4S/c1-7(2)12(3)5-4-9-8-10-6-11-13-8/h6-7H,4-5H2,1-3H3,(H,9,10,11). The highest BCUT2D eigenvalue weighted by Crippen LogP contribution is 2.05. The molecule has 1 aromatic rings. The zero-order valence-electron chi connectivity index (χ0n) is 8.32. The Labute approximate surface area is 83.2 Å². The maximum atomic E-state index is 4.04. The maximum Gasteiger partial charge on any atom is 0.202 e. The van der Waals surface area contributed by atoms with Gasteiger partial charge in [0.15, 0.2) is 0 Å². The molecule has 13 heavy (non-hydrogen) atoms. The van der Waals surface area contributed by atoms with Gasteiger partial charge in [0.2, 0.25) is 5.13 Å². The monoisotopic (exact) mass is 200 g/mol. The molecule has 0 spiro atoms. The van der Waals surface area contributed by atoms with Gasteiger partial charge in [-0.1, -0.05) is 0 Å². The summed E-state index contributed by atoms with van der Waals surface area (Å²) in [6, 6.07) is 0.594. The zero-order chi connectivity index (χ0) is 9.68. The summed E-state index contributed by atoms with van der Waals surface area (Å²) in [4.78, 5) is 6.32. The molecule has 4 nitrogen and oxygen atoms in total. The molecule has 0 amide bonds. The van der Waals surface area contributed by atoms with Crippen molar-refractivity contribution in [1.82, 2.24) is 14.3 Å². The average Bonchev–Trinajstić information content (AvgIpc) is 2.56. The first-order valence-electron chi connectivity index (χ1n) is 4.41. The van der Waals surface area contributed by atoms with Crippen molar-refractivity contribution in [2.45, 2.75) is 19.9 Å². The summed E-state index contributed by atoms with van der Waals surface area (Å²) in [6.45, 7) is 6.32. The number of nitrogens with one attached hydrogen (secondary N) is 1. The van der Waals surface area contributed by atoms with Crippen LogP contribution < -0.4 is 5.32 Å². The van der Waals surface area contributed by atoms with Gasteiger partial charge >= 0.3 is 0 Å². The van der Waals surface area contributed by atoms with Crippen molar-refractivity contribution in [3.05, 3.63) is 6.33 Å². The molecular formula is C8H16N4S. The van der Waals surface area contributed by atoms with E-state index in [9.17, 15) is 0 Å². The van der Waals surface area contributed by atoms with Gasteiger partial charge in [-0.2, -0.15) is 4.37 Å². The first-order chi connectivity index (χ1) is 6.20. The topological polar surface area (TPSA) is 41.0 Å². The van der Waals surface area contributed by atoms with Crippen LogP contribution in [0.25, 0.3) is 0 Å². The quantitative estimate of drug-likeness (QED) is 0.777. The van der Waals surface area contributed by atoms with Gasteiger partial charge in [-0.25, -0.2) is 4.98 Å². The van der Waals surface area contributed by atoms with E-state index in [1.54, 1.807) is 6.33 Å². The van der Waals surface area contributed by atoms with Crippen molar-refractivity contribution >= 4 is 16.7 Å². The fraction of sp³-hybridized carbons (Fsp3) is 0.750. The molecule has 0 aliphatic rings. The van der Waals surface area contributed by atoms with E-state index in [1.165, 1.54) is 11.5 Å². The van der Waals surface area contributed by atoms with E-state index < -0.39 is 0 Å². The maximum absolute atomic E-state index is 4.04. The fourth-order valence-corrected chi connectivity index (χ4v) is 1.30. The van der Waals surface area contributed by atoms with Crippen LogP contribution in [0.2, 0.25) is 0 Å². The van der Waals surface area contributed by atoms with Crippen LogP contribution in [0.15, 0.2) is 6.33 Å². The normalized spacial score (nSPS) is 11.2. The van der Waals surface area contributed by atoms with Crippen molar-refractivity contribution in [1.29, 1.82) is 0 Å². The summed E-state index contributed by atoms with van der Waals surface area (Å²) in [6.07, 6.45) is 1.57. The average molecular weight is 200 g/mol. The molecule has 1 N–H and O–H groups in total. The highest BCUT2D eigenvalue weighted by atomic mass is 32.1. The van der Waals surface area contributed by atoms with Gasteiger partial charge in [-0.05, 0) is 20.9 Å². The van der Waals surface area contributed by atoms with Gasteiger partial charge in [0, 0.05) is 30.7 Å². The third-order valence-corrected chi connectivity index (χ3v) is 2.61. The summed E-state index contributed by atoms with van der Waals surface area (Å²) in [5.41, 5.74) is 0. The number of likely N-dealkylation sites (N-methyl/N-ethyl adjacent to an activating group) is 1. The molecule has 0 aromatic carbocycles. The second kappa shape index (κ2) is 5.14. The van der Waals surface area contributed by atoms with E-state index in [2.05, 4.69) is 40.5 Å². The molecule has 0 atom stereocenters. The Morgan fingerprint density at radius 2 is 2.38 bits per heavy atom.